The van der Waals surface area contributed by atoms with E-state index in [9.17, 15) is 9.32 Å². The number of para-hydroxylation sites is 1. The van der Waals surface area contributed by atoms with Crippen molar-refractivity contribution in [3.05, 3.63) is 23.8 Å². The van der Waals surface area contributed by atoms with Crippen LogP contribution in [0.4, 0.5) is 5.69 Å². The maximum Gasteiger partial charge on any atom is 0.142 e. The van der Waals surface area contributed by atoms with Crippen LogP contribution in [0.1, 0.15) is 5.56 Å². The van der Waals surface area contributed by atoms with Crippen molar-refractivity contribution in [1.82, 2.24) is 0 Å². The highest BCUT2D eigenvalue weighted by molar-refractivity contribution is 7.85. The molecule has 0 aliphatic rings. The number of hydrogen-bond acceptors (Lipinski definition) is 2. The van der Waals surface area contributed by atoms with Crippen LogP contribution in [0.25, 0.3) is 0 Å². The minimum absolute atomic E-state index is 0.160. The van der Waals surface area contributed by atoms with Gasteiger partial charge < -0.3 is 9.83 Å². The van der Waals surface area contributed by atoms with Crippen molar-refractivity contribution in [3.8, 4) is 5.75 Å². The van der Waals surface area contributed by atoms with E-state index in [4.69, 9.17) is 0 Å². The van der Waals surface area contributed by atoms with Crippen LogP contribution in [0.5, 0.6) is 5.75 Å². The Balaban J connectivity index is 3.00. The lowest BCUT2D eigenvalue weighted by Gasteiger charge is -2.06. The number of hydrogen-bond donors (Lipinski definition) is 2. The third kappa shape index (κ3) is 1.98. The highest BCUT2D eigenvalue weighted by Gasteiger charge is 2.02. The minimum atomic E-state index is -1.15. The summed E-state index contributed by atoms with van der Waals surface area (Å²) in [5.74, 6) is 0.160. The van der Waals surface area contributed by atoms with Crippen molar-refractivity contribution in [2.45, 2.75) is 6.92 Å². The first kappa shape index (κ1) is 9.06. The smallest absolute Gasteiger partial charge is 0.142 e. The summed E-state index contributed by atoms with van der Waals surface area (Å²) in [5.41, 5.74) is 1.28. The van der Waals surface area contributed by atoms with Crippen molar-refractivity contribution >= 4 is 16.7 Å². The van der Waals surface area contributed by atoms with Gasteiger partial charge in [-0.3, -0.25) is 0 Å². The lowest BCUT2D eigenvalue weighted by Crippen LogP contribution is -2.01. The molecule has 0 heterocycles. The maximum atomic E-state index is 10.8. The molecule has 0 fully saturated rings. The highest BCUT2D eigenvalue weighted by Crippen LogP contribution is 2.26. The Morgan fingerprint density at radius 3 is 2.75 bits per heavy atom. The number of benzene rings is 1. The van der Waals surface area contributed by atoms with E-state index in [1.807, 2.05) is 0 Å². The number of aryl methyl sites for hydroxylation is 1. The number of phenols is 1. The Hall–Kier alpha value is -1.03. The quantitative estimate of drug-likeness (QED) is 0.684. The summed E-state index contributed by atoms with van der Waals surface area (Å²) in [6.45, 7) is 1.79. The first-order valence-corrected chi connectivity index (χ1v) is 5.05. The van der Waals surface area contributed by atoms with Crippen LogP contribution in [-0.2, 0) is 11.0 Å². The first-order valence-electron chi connectivity index (χ1n) is 3.50. The third-order valence-corrected chi connectivity index (χ3v) is 2.00. The Bertz CT molecular complexity index is 312. The molecule has 1 aromatic rings. The Labute approximate surface area is 74.0 Å². The molecule has 1 rings (SSSR count). The van der Waals surface area contributed by atoms with Gasteiger partial charge in [0, 0.05) is 6.26 Å². The Morgan fingerprint density at radius 2 is 2.17 bits per heavy atom. The van der Waals surface area contributed by atoms with Gasteiger partial charge >= 0.3 is 0 Å². The van der Waals surface area contributed by atoms with Gasteiger partial charge in [-0.1, -0.05) is 12.1 Å². The molecule has 1 atom stereocenters. The standard InChI is InChI=1S/C8H11NO2S/c1-6-4-3-5-7(8(6)10)9-12(2)11/h3-5,9-10H,1-2H3. The first-order chi connectivity index (χ1) is 5.61. The van der Waals surface area contributed by atoms with Crippen molar-refractivity contribution in [1.29, 1.82) is 0 Å². The number of phenolic OH excluding ortho intramolecular Hbond substituents is 1. The average molecular weight is 185 g/mol. The summed E-state index contributed by atoms with van der Waals surface area (Å²) in [6, 6.07) is 5.27. The summed E-state index contributed by atoms with van der Waals surface area (Å²) in [7, 11) is -1.15. The second kappa shape index (κ2) is 3.58. The molecule has 0 spiro atoms. The largest absolute Gasteiger partial charge is 0.505 e. The van der Waals surface area contributed by atoms with Crippen LogP contribution in [0.15, 0.2) is 18.2 Å². The van der Waals surface area contributed by atoms with Crippen LogP contribution < -0.4 is 4.72 Å². The van der Waals surface area contributed by atoms with Gasteiger partial charge in [-0.15, -0.1) is 0 Å². The van der Waals surface area contributed by atoms with E-state index in [1.165, 1.54) is 6.26 Å². The molecular formula is C8H11NO2S. The van der Waals surface area contributed by atoms with Gasteiger partial charge in [0.2, 0.25) is 0 Å². The van der Waals surface area contributed by atoms with Crippen LogP contribution >= 0.6 is 0 Å². The molecule has 0 aliphatic heterocycles. The molecule has 4 heteroatoms. The van der Waals surface area contributed by atoms with E-state index >= 15 is 0 Å². The molecule has 0 aliphatic carbocycles. The highest BCUT2D eigenvalue weighted by atomic mass is 32.2. The summed E-state index contributed by atoms with van der Waals surface area (Å²) >= 11 is 0. The molecule has 66 valence electrons. The van der Waals surface area contributed by atoms with Crippen LogP contribution in [0.3, 0.4) is 0 Å². The SMILES string of the molecule is Cc1cccc(NS(C)=O)c1O. The second-order valence-corrected chi connectivity index (χ2v) is 3.64. The number of anilines is 1. The van der Waals surface area contributed by atoms with E-state index in [-0.39, 0.29) is 5.75 Å². The number of nitrogens with one attached hydrogen (secondary N) is 1. The van der Waals surface area contributed by atoms with Crippen molar-refractivity contribution in [2.24, 2.45) is 0 Å². The van der Waals surface area contributed by atoms with E-state index in [0.29, 0.717) is 5.69 Å². The Kier molecular flexibility index (Phi) is 2.70. The molecular weight excluding hydrogens is 174 g/mol. The molecule has 0 saturated heterocycles. The van der Waals surface area contributed by atoms with Crippen LogP contribution in [-0.4, -0.2) is 15.6 Å². The fraction of sp³-hybridized carbons (Fsp3) is 0.250. The van der Waals surface area contributed by atoms with Crippen molar-refractivity contribution < 1.29 is 9.32 Å². The lowest BCUT2D eigenvalue weighted by atomic mass is 10.2. The topological polar surface area (TPSA) is 49.3 Å². The zero-order valence-corrected chi connectivity index (χ0v) is 7.81. The molecule has 12 heavy (non-hydrogen) atoms. The molecule has 1 aromatic carbocycles. The van der Waals surface area contributed by atoms with Crippen LogP contribution in [0, 0.1) is 6.92 Å². The molecule has 0 radical (unpaired) electrons. The summed E-state index contributed by atoms with van der Waals surface area (Å²) in [5, 5.41) is 9.45. The van der Waals surface area contributed by atoms with Crippen LogP contribution in [0.2, 0.25) is 0 Å². The molecule has 0 saturated carbocycles. The molecule has 0 aromatic heterocycles. The molecule has 3 nitrogen and oxygen atoms in total. The fourth-order valence-electron chi connectivity index (χ4n) is 0.896. The molecule has 1 unspecified atom stereocenters. The van der Waals surface area contributed by atoms with Gasteiger partial charge in [0.15, 0.2) is 0 Å². The summed E-state index contributed by atoms with van der Waals surface area (Å²) < 4.78 is 13.4. The predicted octanol–water partition coefficient (Wildman–Crippen LogP) is 1.41. The zero-order valence-electron chi connectivity index (χ0n) is 7.00. The van der Waals surface area contributed by atoms with Gasteiger partial charge in [-0.2, -0.15) is 0 Å². The lowest BCUT2D eigenvalue weighted by molar-refractivity contribution is 0.474. The minimum Gasteiger partial charge on any atom is -0.505 e. The monoisotopic (exact) mass is 185 g/mol. The van der Waals surface area contributed by atoms with Crippen molar-refractivity contribution in [2.75, 3.05) is 11.0 Å². The molecule has 2 N–H and O–H groups in total. The number of rotatable bonds is 2. The van der Waals surface area contributed by atoms with Crippen molar-refractivity contribution in [3.63, 3.8) is 0 Å². The predicted molar refractivity (Wildman–Crippen MR) is 50.5 cm³/mol. The van der Waals surface area contributed by atoms with Gasteiger partial charge in [0.05, 0.1) is 5.69 Å². The van der Waals surface area contributed by atoms with E-state index in [0.717, 1.165) is 5.56 Å². The van der Waals surface area contributed by atoms with E-state index in [2.05, 4.69) is 4.72 Å². The van der Waals surface area contributed by atoms with Gasteiger partial charge in [0.25, 0.3) is 0 Å². The molecule has 0 amide bonds. The van der Waals surface area contributed by atoms with E-state index in [1.54, 1.807) is 25.1 Å². The Morgan fingerprint density at radius 1 is 1.50 bits per heavy atom. The number of aromatic hydroxyl groups is 1. The second-order valence-electron chi connectivity index (χ2n) is 2.53. The third-order valence-electron chi connectivity index (χ3n) is 1.49. The molecule has 0 bridgehead atoms. The van der Waals surface area contributed by atoms with Gasteiger partial charge in [-0.05, 0) is 18.6 Å². The zero-order chi connectivity index (χ0) is 9.14. The summed E-state index contributed by atoms with van der Waals surface area (Å²) in [4.78, 5) is 0. The van der Waals surface area contributed by atoms with Gasteiger partial charge in [-0.25, -0.2) is 4.21 Å². The normalized spacial score (nSPS) is 12.5. The average Bonchev–Trinajstić information content (AvgIpc) is 1.98. The fourth-order valence-corrected chi connectivity index (χ4v) is 1.37. The van der Waals surface area contributed by atoms with Gasteiger partial charge in [0.1, 0.15) is 16.7 Å². The maximum absolute atomic E-state index is 10.8. The van der Waals surface area contributed by atoms with E-state index < -0.39 is 11.0 Å². The summed E-state index contributed by atoms with van der Waals surface area (Å²) in [6.07, 6.45) is 1.52.